The van der Waals surface area contributed by atoms with Gasteiger partial charge in [-0.05, 0) is 39.0 Å². The van der Waals surface area contributed by atoms with Gasteiger partial charge in [0.15, 0.2) is 5.82 Å². The van der Waals surface area contributed by atoms with E-state index in [1.165, 1.54) is 12.1 Å². The lowest BCUT2D eigenvalue weighted by molar-refractivity contribution is 0.628. The zero-order valence-corrected chi connectivity index (χ0v) is 11.8. The van der Waals surface area contributed by atoms with Gasteiger partial charge in [-0.3, -0.25) is 0 Å². The maximum absolute atomic E-state index is 13.1. The van der Waals surface area contributed by atoms with Crippen LogP contribution in [0.5, 0.6) is 0 Å². The molecule has 0 bridgehead atoms. The maximum atomic E-state index is 13.1. The van der Waals surface area contributed by atoms with Gasteiger partial charge in [-0.25, -0.2) is 14.4 Å². The SMILES string of the molecule is CCNc1nc(-c2ccc(F)cc2Cl)nc(C)c1C. The van der Waals surface area contributed by atoms with E-state index < -0.39 is 0 Å². The van der Waals surface area contributed by atoms with Gasteiger partial charge in [0.05, 0.1) is 5.02 Å². The molecule has 0 radical (unpaired) electrons. The molecular weight excluding hydrogens is 265 g/mol. The Labute approximate surface area is 116 Å². The van der Waals surface area contributed by atoms with Crippen LogP contribution in [-0.2, 0) is 0 Å². The molecule has 0 spiro atoms. The van der Waals surface area contributed by atoms with Crippen molar-refractivity contribution in [3.8, 4) is 11.4 Å². The van der Waals surface area contributed by atoms with Crippen molar-refractivity contribution in [1.82, 2.24) is 9.97 Å². The fourth-order valence-corrected chi connectivity index (χ4v) is 2.01. The van der Waals surface area contributed by atoms with Crippen molar-refractivity contribution in [2.45, 2.75) is 20.8 Å². The minimum absolute atomic E-state index is 0.311. The zero-order chi connectivity index (χ0) is 14.0. The van der Waals surface area contributed by atoms with Gasteiger partial charge >= 0.3 is 0 Å². The largest absolute Gasteiger partial charge is 0.370 e. The summed E-state index contributed by atoms with van der Waals surface area (Å²) >= 11 is 6.05. The van der Waals surface area contributed by atoms with Crippen molar-refractivity contribution >= 4 is 17.4 Å². The summed E-state index contributed by atoms with van der Waals surface area (Å²) in [6.07, 6.45) is 0. The molecular formula is C14H15ClFN3. The van der Waals surface area contributed by atoms with Crippen molar-refractivity contribution in [1.29, 1.82) is 0 Å². The van der Waals surface area contributed by atoms with Crippen molar-refractivity contribution in [2.24, 2.45) is 0 Å². The molecule has 0 unspecified atom stereocenters. The van der Waals surface area contributed by atoms with E-state index in [1.54, 1.807) is 6.07 Å². The number of hydrogen-bond acceptors (Lipinski definition) is 3. The van der Waals surface area contributed by atoms with Gasteiger partial charge in [0.25, 0.3) is 0 Å². The Bertz CT molecular complexity index is 614. The summed E-state index contributed by atoms with van der Waals surface area (Å²) in [5.41, 5.74) is 2.51. The summed E-state index contributed by atoms with van der Waals surface area (Å²) in [7, 11) is 0. The molecule has 0 amide bonds. The van der Waals surface area contributed by atoms with E-state index >= 15 is 0 Å². The van der Waals surface area contributed by atoms with Crippen LogP contribution in [0.2, 0.25) is 5.02 Å². The number of nitrogens with one attached hydrogen (secondary N) is 1. The van der Waals surface area contributed by atoms with Crippen LogP contribution in [0.4, 0.5) is 10.2 Å². The highest BCUT2D eigenvalue weighted by atomic mass is 35.5. The number of aromatic nitrogens is 2. The third-order valence-electron chi connectivity index (χ3n) is 2.91. The van der Waals surface area contributed by atoms with Crippen molar-refractivity contribution < 1.29 is 4.39 Å². The fraction of sp³-hybridized carbons (Fsp3) is 0.286. The van der Waals surface area contributed by atoms with Gasteiger partial charge < -0.3 is 5.32 Å². The number of hydrogen-bond donors (Lipinski definition) is 1. The summed E-state index contributed by atoms with van der Waals surface area (Å²) in [5.74, 6) is 0.916. The maximum Gasteiger partial charge on any atom is 0.163 e. The Hall–Kier alpha value is -1.68. The quantitative estimate of drug-likeness (QED) is 0.923. The van der Waals surface area contributed by atoms with E-state index in [0.29, 0.717) is 16.4 Å². The first kappa shape index (κ1) is 13.7. The summed E-state index contributed by atoms with van der Waals surface area (Å²) in [6, 6.07) is 4.21. The Balaban J connectivity index is 2.56. The first-order valence-corrected chi connectivity index (χ1v) is 6.45. The first-order valence-electron chi connectivity index (χ1n) is 6.07. The van der Waals surface area contributed by atoms with Gasteiger partial charge in [0.1, 0.15) is 11.6 Å². The highest BCUT2D eigenvalue weighted by molar-refractivity contribution is 6.33. The van der Waals surface area contributed by atoms with Gasteiger partial charge in [-0.15, -0.1) is 0 Å². The number of halogens is 2. The lowest BCUT2D eigenvalue weighted by atomic mass is 10.1. The van der Waals surface area contributed by atoms with Crippen LogP contribution in [0.15, 0.2) is 18.2 Å². The molecule has 1 aromatic heterocycles. The molecule has 1 heterocycles. The first-order chi connectivity index (χ1) is 9.02. The smallest absolute Gasteiger partial charge is 0.163 e. The molecule has 0 aliphatic heterocycles. The fourth-order valence-electron chi connectivity index (χ4n) is 1.76. The molecule has 0 aliphatic rings. The number of benzene rings is 1. The zero-order valence-electron chi connectivity index (χ0n) is 11.1. The normalized spacial score (nSPS) is 10.6. The minimum atomic E-state index is -0.371. The monoisotopic (exact) mass is 279 g/mol. The average Bonchev–Trinajstić information content (AvgIpc) is 2.35. The van der Waals surface area contributed by atoms with Crippen LogP contribution in [0.25, 0.3) is 11.4 Å². The van der Waals surface area contributed by atoms with Crippen LogP contribution in [0, 0.1) is 19.7 Å². The van der Waals surface area contributed by atoms with Crippen molar-refractivity contribution in [3.63, 3.8) is 0 Å². The number of nitrogens with zero attached hydrogens (tertiary/aromatic N) is 2. The molecule has 19 heavy (non-hydrogen) atoms. The standard InChI is InChI=1S/C14H15ClFN3/c1-4-17-13-8(2)9(3)18-14(19-13)11-6-5-10(16)7-12(11)15/h5-7H,4H2,1-3H3,(H,17,18,19). The molecule has 3 nitrogen and oxygen atoms in total. The average molecular weight is 280 g/mol. The Morgan fingerprint density at radius 2 is 2.00 bits per heavy atom. The molecule has 0 saturated carbocycles. The Kier molecular flexibility index (Phi) is 4.00. The Morgan fingerprint density at radius 3 is 2.63 bits per heavy atom. The van der Waals surface area contributed by atoms with Gasteiger partial charge in [-0.1, -0.05) is 11.6 Å². The van der Waals surface area contributed by atoms with Crippen LogP contribution in [0.3, 0.4) is 0 Å². The second-order valence-electron chi connectivity index (χ2n) is 4.26. The van der Waals surface area contributed by atoms with Gasteiger partial charge in [0, 0.05) is 23.4 Å². The van der Waals surface area contributed by atoms with E-state index in [9.17, 15) is 4.39 Å². The van der Waals surface area contributed by atoms with Crippen LogP contribution < -0.4 is 5.32 Å². The molecule has 2 aromatic rings. The van der Waals surface area contributed by atoms with Crippen molar-refractivity contribution in [2.75, 3.05) is 11.9 Å². The Morgan fingerprint density at radius 1 is 1.26 bits per heavy atom. The molecule has 0 fully saturated rings. The highest BCUT2D eigenvalue weighted by Gasteiger charge is 2.12. The molecule has 0 aliphatic carbocycles. The van der Waals surface area contributed by atoms with Crippen LogP contribution in [-0.4, -0.2) is 16.5 Å². The summed E-state index contributed by atoms with van der Waals surface area (Å²) in [5, 5.41) is 3.50. The summed E-state index contributed by atoms with van der Waals surface area (Å²) in [4.78, 5) is 8.87. The number of anilines is 1. The topological polar surface area (TPSA) is 37.8 Å². The number of aryl methyl sites for hydroxylation is 1. The highest BCUT2D eigenvalue weighted by Crippen LogP contribution is 2.28. The van der Waals surface area contributed by atoms with E-state index in [1.807, 2.05) is 20.8 Å². The van der Waals surface area contributed by atoms with E-state index in [4.69, 9.17) is 11.6 Å². The lowest BCUT2D eigenvalue weighted by Crippen LogP contribution is -2.06. The van der Waals surface area contributed by atoms with E-state index in [0.717, 1.165) is 23.6 Å². The van der Waals surface area contributed by atoms with Crippen molar-refractivity contribution in [3.05, 3.63) is 40.3 Å². The lowest BCUT2D eigenvalue weighted by Gasteiger charge is -2.11. The second-order valence-corrected chi connectivity index (χ2v) is 4.67. The molecule has 2 rings (SSSR count). The predicted molar refractivity (Wildman–Crippen MR) is 76.1 cm³/mol. The number of rotatable bonds is 3. The van der Waals surface area contributed by atoms with Crippen LogP contribution >= 0.6 is 11.6 Å². The molecule has 100 valence electrons. The summed E-state index contributed by atoms with van der Waals surface area (Å²) in [6.45, 7) is 6.65. The summed E-state index contributed by atoms with van der Waals surface area (Å²) < 4.78 is 13.1. The molecule has 1 N–H and O–H groups in total. The predicted octanol–water partition coefficient (Wildman–Crippen LogP) is 3.98. The molecule has 0 atom stereocenters. The third kappa shape index (κ3) is 2.84. The minimum Gasteiger partial charge on any atom is -0.370 e. The molecule has 0 saturated heterocycles. The van der Waals surface area contributed by atoms with Gasteiger partial charge in [-0.2, -0.15) is 0 Å². The van der Waals surface area contributed by atoms with Crippen LogP contribution in [0.1, 0.15) is 18.2 Å². The van der Waals surface area contributed by atoms with Gasteiger partial charge in [0.2, 0.25) is 0 Å². The molecule has 5 heteroatoms. The van der Waals surface area contributed by atoms with E-state index in [2.05, 4.69) is 15.3 Å². The van der Waals surface area contributed by atoms with E-state index in [-0.39, 0.29) is 5.82 Å². The third-order valence-corrected chi connectivity index (χ3v) is 3.22. The second kappa shape index (κ2) is 5.53. The molecule has 1 aromatic carbocycles.